The van der Waals surface area contributed by atoms with Crippen molar-refractivity contribution in [2.45, 2.75) is 38.1 Å². The average molecular weight is 214 g/mol. The molecular weight excluding hydrogens is 190 g/mol. The lowest BCUT2D eigenvalue weighted by Gasteiger charge is -2.53. The van der Waals surface area contributed by atoms with E-state index in [1.807, 2.05) is 0 Å². The van der Waals surface area contributed by atoms with Gasteiger partial charge in [-0.15, -0.1) is 0 Å². The van der Waals surface area contributed by atoms with Crippen molar-refractivity contribution in [3.63, 3.8) is 0 Å². The van der Waals surface area contributed by atoms with Gasteiger partial charge >= 0.3 is 0 Å². The molecule has 3 atom stereocenters. The summed E-state index contributed by atoms with van der Waals surface area (Å²) in [6, 6.07) is 0.629. The van der Waals surface area contributed by atoms with E-state index in [-0.39, 0.29) is 0 Å². The number of hydrogen-bond acceptors (Lipinski definition) is 2. The van der Waals surface area contributed by atoms with Gasteiger partial charge in [-0.2, -0.15) is 0 Å². The summed E-state index contributed by atoms with van der Waals surface area (Å²) < 4.78 is 1.10. The highest BCUT2D eigenvalue weighted by Crippen LogP contribution is 2.36. The summed E-state index contributed by atoms with van der Waals surface area (Å²) in [5, 5.41) is 18.7. The largest absolute Gasteiger partial charge is 0.396 e. The molecular formula is C12H24NO2+. The molecule has 0 saturated carbocycles. The van der Waals surface area contributed by atoms with Crippen LogP contribution >= 0.6 is 0 Å². The van der Waals surface area contributed by atoms with Gasteiger partial charge in [0.2, 0.25) is 0 Å². The molecule has 2 aliphatic rings. The Kier molecular flexibility index (Phi) is 3.65. The molecule has 0 radical (unpaired) electrons. The molecule has 2 heterocycles. The van der Waals surface area contributed by atoms with Crippen LogP contribution in [0.2, 0.25) is 0 Å². The summed E-state index contributed by atoms with van der Waals surface area (Å²) in [6.45, 7) is 4.00. The van der Waals surface area contributed by atoms with Crippen molar-refractivity contribution in [2.24, 2.45) is 5.92 Å². The summed E-state index contributed by atoms with van der Waals surface area (Å²) in [6.07, 6.45) is 6.28. The van der Waals surface area contributed by atoms with E-state index in [1.165, 1.54) is 45.2 Å². The summed E-state index contributed by atoms with van der Waals surface area (Å²) in [5.74, 6) is 0.491. The summed E-state index contributed by atoms with van der Waals surface area (Å²) >= 11 is 0. The van der Waals surface area contributed by atoms with Gasteiger partial charge in [-0.1, -0.05) is 0 Å². The molecule has 2 N–H and O–H groups in total. The second-order valence-corrected chi connectivity index (χ2v) is 5.26. The van der Waals surface area contributed by atoms with Gasteiger partial charge in [0.15, 0.2) is 0 Å². The van der Waals surface area contributed by atoms with Crippen LogP contribution in [-0.4, -0.2) is 53.6 Å². The van der Waals surface area contributed by atoms with Crippen molar-refractivity contribution in [3.8, 4) is 0 Å². The van der Waals surface area contributed by atoms with Crippen LogP contribution in [-0.2, 0) is 0 Å². The van der Waals surface area contributed by atoms with Crippen molar-refractivity contribution in [3.05, 3.63) is 0 Å². The highest BCUT2D eigenvalue weighted by Gasteiger charge is 2.45. The minimum Gasteiger partial charge on any atom is -0.396 e. The monoisotopic (exact) mass is 214 g/mol. The van der Waals surface area contributed by atoms with Crippen LogP contribution in [0.3, 0.4) is 0 Å². The normalized spacial score (nSPS) is 41.2. The third kappa shape index (κ3) is 2.05. The molecule has 0 aliphatic carbocycles. The lowest BCUT2D eigenvalue weighted by atomic mass is 9.81. The van der Waals surface area contributed by atoms with E-state index in [9.17, 15) is 10.2 Å². The number of quaternary nitrogens is 1. The highest BCUT2D eigenvalue weighted by atomic mass is 16.3. The Morgan fingerprint density at radius 3 is 2.53 bits per heavy atom. The van der Waals surface area contributed by atoms with Crippen molar-refractivity contribution in [1.82, 2.24) is 0 Å². The quantitative estimate of drug-likeness (QED) is 0.681. The van der Waals surface area contributed by atoms with Gasteiger partial charge in [0.25, 0.3) is 0 Å². The first-order chi connectivity index (χ1) is 7.32. The van der Waals surface area contributed by atoms with Gasteiger partial charge in [0.05, 0.1) is 32.3 Å². The van der Waals surface area contributed by atoms with E-state index in [0.717, 1.165) is 11.0 Å². The summed E-state index contributed by atoms with van der Waals surface area (Å²) in [4.78, 5) is 0. The Hall–Kier alpha value is -0.120. The molecule has 15 heavy (non-hydrogen) atoms. The predicted molar refractivity (Wildman–Crippen MR) is 59.4 cm³/mol. The number of fused-ring (bicyclic) bond motifs is 1. The van der Waals surface area contributed by atoms with E-state index in [4.69, 9.17) is 0 Å². The van der Waals surface area contributed by atoms with Gasteiger partial charge in [0, 0.05) is 12.3 Å². The number of nitrogens with zero attached hydrogens (tertiary/aromatic N) is 1. The molecule has 0 bridgehead atoms. The van der Waals surface area contributed by atoms with Crippen LogP contribution in [0.5, 0.6) is 0 Å². The third-order valence-electron chi connectivity index (χ3n) is 4.56. The molecule has 0 spiro atoms. The second kappa shape index (κ2) is 4.81. The summed E-state index contributed by atoms with van der Waals surface area (Å²) in [7, 11) is 0. The first kappa shape index (κ1) is 11.4. The number of hydrogen-bond donors (Lipinski definition) is 2. The van der Waals surface area contributed by atoms with E-state index in [1.54, 1.807) is 0 Å². The van der Waals surface area contributed by atoms with Crippen LogP contribution < -0.4 is 0 Å². The molecule has 2 aliphatic heterocycles. The number of rotatable bonds is 3. The van der Waals surface area contributed by atoms with Gasteiger partial charge in [-0.05, 0) is 25.7 Å². The van der Waals surface area contributed by atoms with Gasteiger partial charge < -0.3 is 14.7 Å². The number of aliphatic hydroxyl groups is 2. The molecule has 0 amide bonds. The Morgan fingerprint density at radius 1 is 1.00 bits per heavy atom. The molecule has 0 aromatic heterocycles. The SMILES string of the molecule is OCC[N@+]12CCCC[C@@H]1[C@H](CO)CCC2. The second-order valence-electron chi connectivity index (χ2n) is 5.26. The molecule has 2 fully saturated rings. The van der Waals surface area contributed by atoms with Crippen LogP contribution in [0, 0.1) is 5.92 Å². The molecule has 3 nitrogen and oxygen atoms in total. The Morgan fingerprint density at radius 2 is 1.80 bits per heavy atom. The van der Waals surface area contributed by atoms with Crippen molar-refractivity contribution in [2.75, 3.05) is 32.8 Å². The van der Waals surface area contributed by atoms with Gasteiger partial charge in [0.1, 0.15) is 6.54 Å². The zero-order valence-corrected chi connectivity index (χ0v) is 9.57. The zero-order chi connectivity index (χ0) is 10.7. The summed E-state index contributed by atoms with van der Waals surface area (Å²) in [5.41, 5.74) is 0. The minimum atomic E-state index is 0.300. The molecule has 3 heteroatoms. The van der Waals surface area contributed by atoms with Crippen LogP contribution in [0.1, 0.15) is 32.1 Å². The van der Waals surface area contributed by atoms with Crippen molar-refractivity contribution < 1.29 is 14.7 Å². The number of aliphatic hydroxyl groups excluding tert-OH is 2. The fourth-order valence-corrected chi connectivity index (χ4v) is 3.84. The minimum absolute atomic E-state index is 0.300. The van der Waals surface area contributed by atoms with E-state index >= 15 is 0 Å². The molecule has 2 rings (SSSR count). The van der Waals surface area contributed by atoms with Crippen LogP contribution in [0.15, 0.2) is 0 Å². The highest BCUT2D eigenvalue weighted by molar-refractivity contribution is 4.79. The molecule has 0 aromatic rings. The van der Waals surface area contributed by atoms with Crippen molar-refractivity contribution >= 4 is 0 Å². The maximum absolute atomic E-state index is 9.44. The molecule has 0 unspecified atom stereocenters. The third-order valence-corrected chi connectivity index (χ3v) is 4.56. The molecule has 88 valence electrons. The fraction of sp³-hybridized carbons (Fsp3) is 1.00. The van der Waals surface area contributed by atoms with E-state index < -0.39 is 0 Å². The van der Waals surface area contributed by atoms with Gasteiger partial charge in [-0.25, -0.2) is 0 Å². The first-order valence-electron chi connectivity index (χ1n) is 6.40. The Bertz CT molecular complexity index is 200. The van der Waals surface area contributed by atoms with Gasteiger partial charge in [-0.3, -0.25) is 0 Å². The lowest BCUT2D eigenvalue weighted by Crippen LogP contribution is -2.64. The molecule has 0 aromatic carbocycles. The lowest BCUT2D eigenvalue weighted by molar-refractivity contribution is -0.964. The Labute approximate surface area is 92.3 Å². The zero-order valence-electron chi connectivity index (χ0n) is 9.57. The number of piperidine rings is 2. The topological polar surface area (TPSA) is 40.5 Å². The van der Waals surface area contributed by atoms with Crippen LogP contribution in [0.4, 0.5) is 0 Å². The first-order valence-corrected chi connectivity index (χ1v) is 6.40. The predicted octanol–water partition coefficient (Wildman–Crippen LogP) is 0.750. The average Bonchev–Trinajstić information content (AvgIpc) is 2.28. The molecule has 2 saturated heterocycles. The van der Waals surface area contributed by atoms with E-state index in [2.05, 4.69) is 0 Å². The smallest absolute Gasteiger partial charge is 0.102 e. The van der Waals surface area contributed by atoms with Crippen LogP contribution in [0.25, 0.3) is 0 Å². The maximum atomic E-state index is 9.44. The fourth-order valence-electron chi connectivity index (χ4n) is 3.84. The van der Waals surface area contributed by atoms with Crippen molar-refractivity contribution in [1.29, 1.82) is 0 Å². The Balaban J connectivity index is 2.13. The standard InChI is InChI=1S/C12H24NO2/c14-9-8-13-6-2-1-5-12(13)11(10-15)4-3-7-13/h11-12,14-15H,1-10H2/q+1/t11-,12+,13+/m0/s1. The van der Waals surface area contributed by atoms with E-state index in [0.29, 0.717) is 25.2 Å². The maximum Gasteiger partial charge on any atom is 0.102 e.